The van der Waals surface area contributed by atoms with E-state index < -0.39 is 47.7 Å². The molecule has 3 aromatic rings. The number of amides is 2. The number of carbonyl (C=O) groups excluding carboxylic acids is 3. The SMILES string of the molecule is COCC(=O)CN1C(=O)c2c(ncn2[C@@H](C)C(=O)Nc2cccc(-c3cnc(N4CC5C(C4)C5(F)F)nc3)n2)N(C)C1O. The number of carbonyl (C=O) groups is 3. The average molecular weight is 598 g/mol. The van der Waals surface area contributed by atoms with Crippen molar-refractivity contribution in [3.8, 4) is 11.3 Å². The molecule has 0 bridgehead atoms. The van der Waals surface area contributed by atoms with Gasteiger partial charge in [-0.1, -0.05) is 6.07 Å². The van der Waals surface area contributed by atoms with E-state index in [0.29, 0.717) is 17.2 Å². The first-order valence-electron chi connectivity index (χ1n) is 13.5. The lowest BCUT2D eigenvalue weighted by molar-refractivity contribution is -0.125. The molecule has 2 N–H and O–H groups in total. The molecule has 2 aliphatic heterocycles. The highest BCUT2D eigenvalue weighted by Crippen LogP contribution is 2.59. The second-order valence-electron chi connectivity index (χ2n) is 10.8. The van der Waals surface area contributed by atoms with Crippen LogP contribution < -0.4 is 15.1 Å². The van der Waals surface area contributed by atoms with Crippen LogP contribution in [0.1, 0.15) is 23.5 Å². The Kier molecular flexibility index (Phi) is 7.04. The van der Waals surface area contributed by atoms with Crippen molar-refractivity contribution in [1.29, 1.82) is 0 Å². The number of nitrogens with one attached hydrogen (secondary N) is 1. The number of methoxy groups -OCH3 is 1. The first kappa shape index (κ1) is 28.5. The number of ketones is 1. The molecule has 43 heavy (non-hydrogen) atoms. The average Bonchev–Trinajstić information content (AvgIpc) is 3.41. The van der Waals surface area contributed by atoms with E-state index in [1.165, 1.54) is 30.0 Å². The molecule has 14 nitrogen and oxygen atoms in total. The Labute approximate surface area is 244 Å². The maximum atomic E-state index is 13.5. The summed E-state index contributed by atoms with van der Waals surface area (Å²) < 4.78 is 33.2. The van der Waals surface area contributed by atoms with Gasteiger partial charge in [-0.25, -0.2) is 28.7 Å². The summed E-state index contributed by atoms with van der Waals surface area (Å²) in [5, 5.41) is 13.3. The van der Waals surface area contributed by atoms with Gasteiger partial charge in [0.2, 0.25) is 18.2 Å². The molecular weight excluding hydrogens is 568 g/mol. The van der Waals surface area contributed by atoms with Crippen LogP contribution in [0.2, 0.25) is 0 Å². The molecule has 1 aliphatic carbocycles. The van der Waals surface area contributed by atoms with Crippen LogP contribution in [0.25, 0.3) is 11.3 Å². The number of Topliss-reactive ketones (excluding diaryl/α,β-unsaturated/α-hetero) is 1. The lowest BCUT2D eigenvalue weighted by Crippen LogP contribution is -2.56. The van der Waals surface area contributed by atoms with Crippen molar-refractivity contribution >= 4 is 35.2 Å². The minimum atomic E-state index is -2.58. The lowest BCUT2D eigenvalue weighted by atomic mass is 10.2. The molecule has 1 saturated heterocycles. The number of rotatable bonds is 9. The Hall–Kier alpha value is -4.57. The minimum Gasteiger partial charge on any atom is -0.377 e. The molecule has 0 radical (unpaired) electrons. The fourth-order valence-electron chi connectivity index (χ4n) is 5.53. The zero-order chi connectivity index (χ0) is 30.6. The number of aromatic nitrogens is 5. The van der Waals surface area contributed by atoms with Gasteiger partial charge in [0.25, 0.3) is 11.8 Å². The fourth-order valence-corrected chi connectivity index (χ4v) is 5.53. The summed E-state index contributed by atoms with van der Waals surface area (Å²) in [5.41, 5.74) is 1.09. The molecule has 3 aliphatic rings. The second-order valence-corrected chi connectivity index (χ2v) is 10.8. The van der Waals surface area contributed by atoms with E-state index in [0.717, 1.165) is 4.90 Å². The maximum Gasteiger partial charge on any atom is 0.278 e. The molecule has 6 rings (SSSR count). The molecule has 0 aromatic carbocycles. The Balaban J connectivity index is 1.15. The number of hydrogen-bond donors (Lipinski definition) is 2. The predicted octanol–water partition coefficient (Wildman–Crippen LogP) is 1.02. The third-order valence-electron chi connectivity index (χ3n) is 8.06. The highest BCUT2D eigenvalue weighted by atomic mass is 19.3. The van der Waals surface area contributed by atoms with Crippen molar-refractivity contribution in [2.75, 3.05) is 55.5 Å². The summed E-state index contributed by atoms with van der Waals surface area (Å²) in [6.07, 6.45) is 3.00. The summed E-state index contributed by atoms with van der Waals surface area (Å²) in [5.74, 6) is -4.65. The van der Waals surface area contributed by atoms with E-state index in [1.807, 2.05) is 0 Å². The van der Waals surface area contributed by atoms with Crippen molar-refractivity contribution in [1.82, 2.24) is 29.4 Å². The summed E-state index contributed by atoms with van der Waals surface area (Å²) in [4.78, 5) is 60.2. The van der Waals surface area contributed by atoms with Crippen LogP contribution in [0.15, 0.2) is 36.9 Å². The van der Waals surface area contributed by atoms with Crippen LogP contribution in [0.3, 0.4) is 0 Å². The minimum absolute atomic E-state index is 0.0404. The number of piperidine rings is 1. The van der Waals surface area contributed by atoms with Crippen molar-refractivity contribution in [2.45, 2.75) is 25.2 Å². The third-order valence-corrected chi connectivity index (χ3v) is 8.06. The molecule has 226 valence electrons. The highest BCUT2D eigenvalue weighted by molar-refractivity contribution is 6.02. The molecule has 3 unspecified atom stereocenters. The van der Waals surface area contributed by atoms with Gasteiger partial charge in [-0.3, -0.25) is 19.3 Å². The highest BCUT2D eigenvalue weighted by Gasteiger charge is 2.72. The van der Waals surface area contributed by atoms with E-state index in [1.54, 1.807) is 42.4 Å². The Bertz CT molecular complexity index is 1570. The van der Waals surface area contributed by atoms with Gasteiger partial charge in [0.15, 0.2) is 17.3 Å². The van der Waals surface area contributed by atoms with Crippen LogP contribution >= 0.6 is 0 Å². The summed E-state index contributed by atoms with van der Waals surface area (Å²) >= 11 is 0. The van der Waals surface area contributed by atoms with Gasteiger partial charge in [0, 0.05) is 45.2 Å². The molecule has 5 heterocycles. The van der Waals surface area contributed by atoms with Gasteiger partial charge < -0.3 is 29.5 Å². The van der Waals surface area contributed by atoms with Gasteiger partial charge in [0.1, 0.15) is 18.5 Å². The molecule has 4 atom stereocenters. The van der Waals surface area contributed by atoms with Gasteiger partial charge in [-0.15, -0.1) is 0 Å². The van der Waals surface area contributed by atoms with Crippen LogP contribution in [-0.4, -0.2) is 105 Å². The molecular formula is C27H29F2N9O5. The second kappa shape index (κ2) is 10.6. The third kappa shape index (κ3) is 4.95. The van der Waals surface area contributed by atoms with Gasteiger partial charge in [0.05, 0.1) is 30.4 Å². The molecule has 3 aromatic heterocycles. The van der Waals surface area contributed by atoms with Gasteiger partial charge in [-0.05, 0) is 19.1 Å². The maximum absolute atomic E-state index is 13.5. The number of anilines is 3. The Morgan fingerprint density at radius 3 is 2.56 bits per heavy atom. The largest absolute Gasteiger partial charge is 0.377 e. The number of ether oxygens (including phenoxy) is 1. The number of nitrogens with zero attached hydrogens (tertiary/aromatic N) is 8. The van der Waals surface area contributed by atoms with E-state index in [4.69, 9.17) is 4.74 Å². The number of aliphatic hydroxyl groups excluding tert-OH is 1. The van der Waals surface area contributed by atoms with E-state index in [2.05, 4.69) is 25.3 Å². The first-order valence-corrected chi connectivity index (χ1v) is 13.5. The summed E-state index contributed by atoms with van der Waals surface area (Å²) in [6.45, 7) is 1.40. The standard InChI is InChI=1S/C27H29F2N9O5/c1-14(38-13-32-22-21(38)24(41)37(26(42)35(22)2)9-16(39)12-43-3)23(40)34-20-6-4-5-19(33-20)15-7-30-25(31-8-15)36-10-17-18(11-36)27(17,28)29/h4-8,13-14,17-18,26,42H,9-12H2,1-3H3,(H,33,34,40)/t14-,17?,18?,26?/m0/s1. The molecule has 1 saturated carbocycles. The van der Waals surface area contributed by atoms with Crippen molar-refractivity contribution in [3.05, 3.63) is 42.6 Å². The molecule has 2 amide bonds. The molecule has 16 heteroatoms. The van der Waals surface area contributed by atoms with Crippen molar-refractivity contribution in [3.63, 3.8) is 0 Å². The van der Waals surface area contributed by atoms with Crippen molar-refractivity contribution < 1.29 is 33.0 Å². The van der Waals surface area contributed by atoms with Gasteiger partial charge >= 0.3 is 0 Å². The van der Waals surface area contributed by atoms with Crippen LogP contribution in [-0.2, 0) is 14.3 Å². The summed E-state index contributed by atoms with van der Waals surface area (Å²) in [6, 6.07) is 4.09. The fraction of sp³-hybridized carbons (Fsp3) is 0.444. The Morgan fingerprint density at radius 2 is 1.88 bits per heavy atom. The Morgan fingerprint density at radius 1 is 1.19 bits per heavy atom. The lowest BCUT2D eigenvalue weighted by Gasteiger charge is -2.38. The number of imidazole rings is 1. The van der Waals surface area contributed by atoms with E-state index in [-0.39, 0.29) is 43.6 Å². The number of halogens is 2. The number of alkyl halides is 2. The number of aliphatic hydroxyl groups is 1. The van der Waals surface area contributed by atoms with Crippen LogP contribution in [0, 0.1) is 11.8 Å². The topological polar surface area (TPSA) is 159 Å². The van der Waals surface area contributed by atoms with Crippen LogP contribution in [0.4, 0.5) is 26.4 Å². The van der Waals surface area contributed by atoms with Gasteiger partial charge in [-0.2, -0.15) is 0 Å². The first-order chi connectivity index (χ1) is 20.5. The summed E-state index contributed by atoms with van der Waals surface area (Å²) in [7, 11) is 2.87. The smallest absolute Gasteiger partial charge is 0.278 e. The quantitative estimate of drug-likeness (QED) is 0.363. The van der Waals surface area contributed by atoms with Crippen LogP contribution in [0.5, 0.6) is 0 Å². The normalized spacial score (nSPS) is 22.7. The molecule has 2 fully saturated rings. The van der Waals surface area contributed by atoms with Crippen molar-refractivity contribution in [2.24, 2.45) is 11.8 Å². The predicted molar refractivity (Wildman–Crippen MR) is 147 cm³/mol. The number of fused-ring (bicyclic) bond motifs is 2. The number of pyridine rings is 1. The molecule has 0 spiro atoms. The van der Waals surface area contributed by atoms with E-state index in [9.17, 15) is 28.3 Å². The number of hydrogen-bond acceptors (Lipinski definition) is 11. The van der Waals surface area contributed by atoms with E-state index >= 15 is 0 Å². The monoisotopic (exact) mass is 597 g/mol. The zero-order valence-corrected chi connectivity index (χ0v) is 23.5. The zero-order valence-electron chi connectivity index (χ0n) is 23.5.